The fraction of sp³-hybridized carbons (Fsp3) is 0.250. The Bertz CT molecular complexity index is 172. The van der Waals surface area contributed by atoms with Crippen LogP contribution in [-0.4, -0.2) is 6.71 Å². The van der Waals surface area contributed by atoms with E-state index in [9.17, 15) is 0 Å². The quantitative estimate of drug-likeness (QED) is 0.544. The standard InChI is InChI=1S/C8H10B.W/c1-9(2)8-6-4-3-5-7-8;/h3-6H,1-2H3;/q-1;. The Morgan fingerprint density at radius 3 is 2.30 bits per heavy atom. The molecular weight excluding hydrogens is 291 g/mol. The minimum absolute atomic E-state index is 0. The van der Waals surface area contributed by atoms with Gasteiger partial charge in [0.2, 0.25) is 0 Å². The van der Waals surface area contributed by atoms with Crippen LogP contribution in [0.15, 0.2) is 24.3 Å². The Labute approximate surface area is 77.4 Å². The van der Waals surface area contributed by atoms with E-state index in [2.05, 4.69) is 25.8 Å². The van der Waals surface area contributed by atoms with Gasteiger partial charge >= 0.3 is 0 Å². The van der Waals surface area contributed by atoms with Crippen molar-refractivity contribution in [1.29, 1.82) is 0 Å². The fourth-order valence-electron chi connectivity index (χ4n) is 0.766. The molecule has 0 heterocycles. The van der Waals surface area contributed by atoms with Crippen LogP contribution in [0.4, 0.5) is 0 Å². The molecule has 0 atom stereocenters. The zero-order valence-corrected chi connectivity index (χ0v) is 9.23. The van der Waals surface area contributed by atoms with E-state index in [4.69, 9.17) is 0 Å². The fourth-order valence-corrected chi connectivity index (χ4v) is 0.766. The molecule has 0 spiro atoms. The summed E-state index contributed by atoms with van der Waals surface area (Å²) in [6, 6.07) is 11.3. The van der Waals surface area contributed by atoms with Crippen LogP contribution in [0.1, 0.15) is 0 Å². The van der Waals surface area contributed by atoms with E-state index in [1.165, 1.54) is 5.46 Å². The molecular formula is C8H10BW-. The minimum atomic E-state index is 0. The molecule has 0 amide bonds. The molecule has 1 aromatic carbocycles. The summed E-state index contributed by atoms with van der Waals surface area (Å²) < 4.78 is 0. The Balaban J connectivity index is 0.000000810. The van der Waals surface area contributed by atoms with Crippen LogP contribution in [0, 0.1) is 6.07 Å². The first-order valence-corrected chi connectivity index (χ1v) is 3.27. The van der Waals surface area contributed by atoms with Crippen molar-refractivity contribution in [3.63, 3.8) is 0 Å². The van der Waals surface area contributed by atoms with Crippen molar-refractivity contribution in [2.24, 2.45) is 0 Å². The summed E-state index contributed by atoms with van der Waals surface area (Å²) in [7, 11) is 0. The Hall–Kier alpha value is -0.0268. The zero-order valence-electron chi connectivity index (χ0n) is 6.29. The smallest absolute Gasteiger partial charge is 0.141 e. The third-order valence-electron chi connectivity index (χ3n) is 1.36. The molecule has 52 valence electrons. The van der Waals surface area contributed by atoms with Gasteiger partial charge in [-0.05, 0) is 0 Å². The Morgan fingerprint density at radius 2 is 2.00 bits per heavy atom. The SMILES string of the molecule is CB(C)c1[c-]cccc1.[W]. The molecule has 0 saturated heterocycles. The van der Waals surface area contributed by atoms with Crippen molar-refractivity contribution < 1.29 is 21.1 Å². The summed E-state index contributed by atoms with van der Waals surface area (Å²) in [6.07, 6.45) is 0. The molecule has 0 aliphatic carbocycles. The topological polar surface area (TPSA) is 0 Å². The molecule has 0 aromatic heterocycles. The van der Waals surface area contributed by atoms with E-state index in [-0.39, 0.29) is 21.1 Å². The Morgan fingerprint density at radius 1 is 1.30 bits per heavy atom. The van der Waals surface area contributed by atoms with Gasteiger partial charge in [-0.1, -0.05) is 13.6 Å². The second-order valence-corrected chi connectivity index (χ2v) is 2.47. The molecule has 0 aliphatic rings. The third kappa shape index (κ3) is 2.70. The molecule has 2 heteroatoms. The van der Waals surface area contributed by atoms with Crippen molar-refractivity contribution in [2.75, 3.05) is 0 Å². The van der Waals surface area contributed by atoms with Crippen molar-refractivity contribution in [2.45, 2.75) is 13.6 Å². The summed E-state index contributed by atoms with van der Waals surface area (Å²) in [5, 5.41) is 0. The van der Waals surface area contributed by atoms with Gasteiger partial charge in [-0.2, -0.15) is 35.8 Å². The molecule has 0 N–H and O–H groups in total. The van der Waals surface area contributed by atoms with Crippen LogP contribution in [0.3, 0.4) is 0 Å². The van der Waals surface area contributed by atoms with Crippen LogP contribution < -0.4 is 5.46 Å². The van der Waals surface area contributed by atoms with Gasteiger partial charge in [-0.25, -0.2) is 0 Å². The van der Waals surface area contributed by atoms with Crippen molar-refractivity contribution in [3.05, 3.63) is 30.3 Å². The van der Waals surface area contributed by atoms with Gasteiger partial charge in [0.15, 0.2) is 0 Å². The van der Waals surface area contributed by atoms with Crippen molar-refractivity contribution in [1.82, 2.24) is 0 Å². The molecule has 0 radical (unpaired) electrons. The summed E-state index contributed by atoms with van der Waals surface area (Å²) in [6.45, 7) is 4.95. The second kappa shape index (κ2) is 4.74. The Kier molecular flexibility index (Phi) is 4.72. The molecule has 0 saturated carbocycles. The van der Waals surface area contributed by atoms with E-state index < -0.39 is 0 Å². The summed E-state index contributed by atoms with van der Waals surface area (Å²) in [4.78, 5) is 0. The van der Waals surface area contributed by atoms with Gasteiger partial charge in [0.1, 0.15) is 6.71 Å². The minimum Gasteiger partial charge on any atom is -0.193 e. The predicted octanol–water partition coefficient (Wildman–Crippen LogP) is 1.45. The van der Waals surface area contributed by atoms with Crippen molar-refractivity contribution >= 4 is 12.2 Å². The summed E-state index contributed by atoms with van der Waals surface area (Å²) in [5.74, 6) is 0. The molecule has 10 heavy (non-hydrogen) atoms. The average Bonchev–Trinajstić information content (AvgIpc) is 1.90. The second-order valence-electron chi connectivity index (χ2n) is 2.47. The van der Waals surface area contributed by atoms with E-state index in [1.54, 1.807) is 0 Å². The first kappa shape index (κ1) is 9.97. The monoisotopic (exact) mass is 301 g/mol. The molecule has 0 nitrogen and oxygen atoms in total. The van der Waals surface area contributed by atoms with Crippen LogP contribution in [0.5, 0.6) is 0 Å². The average molecular weight is 301 g/mol. The summed E-state index contributed by atoms with van der Waals surface area (Å²) in [5.41, 5.74) is 1.29. The largest absolute Gasteiger partial charge is 0.193 e. The van der Waals surface area contributed by atoms with Gasteiger partial charge < -0.3 is 0 Å². The maximum Gasteiger partial charge on any atom is 0.141 e. The normalized spacial score (nSPS) is 8.20. The predicted molar refractivity (Wildman–Crippen MR) is 42.4 cm³/mol. The van der Waals surface area contributed by atoms with Crippen molar-refractivity contribution in [3.8, 4) is 0 Å². The first-order chi connectivity index (χ1) is 4.30. The van der Waals surface area contributed by atoms with E-state index in [0.29, 0.717) is 6.71 Å². The van der Waals surface area contributed by atoms with Gasteiger partial charge in [0.25, 0.3) is 0 Å². The maximum atomic E-state index is 3.17. The van der Waals surface area contributed by atoms with E-state index in [0.717, 1.165) is 0 Å². The number of hydrogen-bond acceptors (Lipinski definition) is 0. The summed E-state index contributed by atoms with van der Waals surface area (Å²) >= 11 is 0. The number of benzene rings is 1. The third-order valence-corrected chi connectivity index (χ3v) is 1.36. The zero-order chi connectivity index (χ0) is 6.69. The first-order valence-electron chi connectivity index (χ1n) is 3.27. The van der Waals surface area contributed by atoms with Gasteiger partial charge in [0, 0.05) is 21.1 Å². The molecule has 0 unspecified atom stereocenters. The number of hydrogen-bond donors (Lipinski definition) is 0. The van der Waals surface area contributed by atoms with Crippen LogP contribution >= 0.6 is 0 Å². The molecule has 0 fully saturated rings. The van der Waals surface area contributed by atoms with Crippen LogP contribution in [0.25, 0.3) is 0 Å². The molecule has 1 rings (SSSR count). The molecule has 0 bridgehead atoms. The number of rotatable bonds is 1. The van der Waals surface area contributed by atoms with E-state index in [1.807, 2.05) is 18.2 Å². The molecule has 0 aliphatic heterocycles. The van der Waals surface area contributed by atoms with E-state index >= 15 is 0 Å². The van der Waals surface area contributed by atoms with Crippen LogP contribution in [0.2, 0.25) is 13.6 Å². The van der Waals surface area contributed by atoms with Gasteiger partial charge in [0.05, 0.1) is 0 Å². The van der Waals surface area contributed by atoms with Gasteiger partial charge in [-0.15, -0.1) is 0 Å². The molecule has 1 aromatic rings. The maximum absolute atomic E-state index is 3.17. The van der Waals surface area contributed by atoms with Gasteiger partial charge in [-0.3, -0.25) is 0 Å². The van der Waals surface area contributed by atoms with Crippen LogP contribution in [-0.2, 0) is 21.1 Å².